The smallest absolute Gasteiger partial charge is 0.149 e. The van der Waals surface area contributed by atoms with Crippen LogP contribution >= 0.6 is 0 Å². The lowest BCUT2D eigenvalue weighted by Gasteiger charge is -2.05. The van der Waals surface area contributed by atoms with E-state index in [4.69, 9.17) is 0 Å². The zero-order chi connectivity index (χ0) is 13.8. The minimum Gasteiger partial charge on any atom is -0.311 e. The van der Waals surface area contributed by atoms with Crippen molar-refractivity contribution >= 4 is 0 Å². The highest BCUT2D eigenvalue weighted by atomic mass is 19.1. The largest absolute Gasteiger partial charge is 0.311 e. The van der Waals surface area contributed by atoms with Gasteiger partial charge in [-0.05, 0) is 30.7 Å². The molecule has 19 heavy (non-hydrogen) atoms. The van der Waals surface area contributed by atoms with Gasteiger partial charge < -0.3 is 5.32 Å². The Morgan fingerprint density at radius 1 is 1.26 bits per heavy atom. The first-order valence-corrected chi connectivity index (χ1v) is 6.27. The van der Waals surface area contributed by atoms with Gasteiger partial charge in [0, 0.05) is 18.8 Å². The average molecular weight is 265 g/mol. The molecule has 1 aromatic carbocycles. The second-order valence-corrected chi connectivity index (χ2v) is 4.87. The minimum atomic E-state index is -0.494. The summed E-state index contributed by atoms with van der Waals surface area (Å²) in [7, 11) is 0. The summed E-state index contributed by atoms with van der Waals surface area (Å²) >= 11 is 0. The summed E-state index contributed by atoms with van der Waals surface area (Å²) in [5, 5.41) is 7.48. The fourth-order valence-corrected chi connectivity index (χ4v) is 1.74. The normalized spacial score (nSPS) is 11.2. The van der Waals surface area contributed by atoms with Crippen molar-refractivity contribution in [2.24, 2.45) is 5.92 Å². The Labute approximate surface area is 111 Å². The third-order valence-corrected chi connectivity index (χ3v) is 2.66. The molecule has 0 fully saturated rings. The van der Waals surface area contributed by atoms with Crippen LogP contribution in [0.4, 0.5) is 8.78 Å². The van der Waals surface area contributed by atoms with Gasteiger partial charge in [0.05, 0.1) is 5.69 Å². The van der Waals surface area contributed by atoms with Gasteiger partial charge in [0.1, 0.15) is 17.3 Å². The number of hydrogen-bond acceptors (Lipinski definition) is 2. The van der Waals surface area contributed by atoms with E-state index in [0.29, 0.717) is 12.5 Å². The first-order valence-electron chi connectivity index (χ1n) is 6.27. The molecule has 0 saturated heterocycles. The Balaban J connectivity index is 2.10. The molecule has 3 nitrogen and oxygen atoms in total. The van der Waals surface area contributed by atoms with Crippen molar-refractivity contribution in [3.63, 3.8) is 0 Å². The summed E-state index contributed by atoms with van der Waals surface area (Å²) < 4.78 is 28.0. The molecule has 2 rings (SSSR count). The van der Waals surface area contributed by atoms with E-state index in [9.17, 15) is 8.78 Å². The summed E-state index contributed by atoms with van der Waals surface area (Å²) in [6, 6.07) is 5.11. The maximum Gasteiger partial charge on any atom is 0.149 e. The maximum absolute atomic E-state index is 13.6. The molecular weight excluding hydrogens is 248 g/mol. The first-order chi connectivity index (χ1) is 9.06. The van der Waals surface area contributed by atoms with E-state index >= 15 is 0 Å². The Morgan fingerprint density at radius 3 is 2.79 bits per heavy atom. The summed E-state index contributed by atoms with van der Waals surface area (Å²) in [6.07, 6.45) is 1.63. The lowest BCUT2D eigenvalue weighted by atomic mass is 10.2. The topological polar surface area (TPSA) is 29.9 Å². The zero-order valence-electron chi connectivity index (χ0n) is 11.0. The lowest BCUT2D eigenvalue weighted by Crippen LogP contribution is -2.19. The monoisotopic (exact) mass is 265 g/mol. The van der Waals surface area contributed by atoms with Crippen LogP contribution in [0, 0.1) is 17.6 Å². The Bertz CT molecular complexity index is 549. The molecule has 0 unspecified atom stereocenters. The van der Waals surface area contributed by atoms with Crippen LogP contribution < -0.4 is 5.32 Å². The predicted octanol–water partition coefficient (Wildman–Crippen LogP) is 2.90. The van der Waals surface area contributed by atoms with Crippen molar-refractivity contribution in [2.45, 2.75) is 20.4 Å². The van der Waals surface area contributed by atoms with Crippen molar-refractivity contribution in [3.05, 3.63) is 47.8 Å². The number of nitrogens with zero attached hydrogens (tertiary/aromatic N) is 2. The van der Waals surface area contributed by atoms with E-state index in [0.717, 1.165) is 30.4 Å². The van der Waals surface area contributed by atoms with Gasteiger partial charge in [-0.3, -0.25) is 0 Å². The molecule has 102 valence electrons. The van der Waals surface area contributed by atoms with Crippen LogP contribution in [-0.4, -0.2) is 16.3 Å². The summed E-state index contributed by atoms with van der Waals surface area (Å²) in [5.74, 6) is -0.416. The molecule has 0 aliphatic rings. The standard InChI is InChI=1S/C14H17F2N3/c1-10(2)8-17-9-12-5-6-19(18-12)14-7-11(15)3-4-13(14)16/h3-7,10,17H,8-9H2,1-2H3. The summed E-state index contributed by atoms with van der Waals surface area (Å²) in [5.41, 5.74) is 0.916. The molecule has 0 aliphatic carbocycles. The van der Waals surface area contributed by atoms with E-state index in [2.05, 4.69) is 24.3 Å². The molecule has 1 heterocycles. The zero-order valence-corrected chi connectivity index (χ0v) is 11.0. The van der Waals surface area contributed by atoms with Crippen molar-refractivity contribution in [2.75, 3.05) is 6.54 Å². The Hall–Kier alpha value is -1.75. The SMILES string of the molecule is CC(C)CNCc1ccn(-c2cc(F)ccc2F)n1. The van der Waals surface area contributed by atoms with Crippen molar-refractivity contribution in [1.29, 1.82) is 0 Å². The summed E-state index contributed by atoms with van der Waals surface area (Å²) in [6.45, 7) is 5.74. The third-order valence-electron chi connectivity index (χ3n) is 2.66. The molecule has 0 atom stereocenters. The molecule has 0 bridgehead atoms. The van der Waals surface area contributed by atoms with Crippen LogP contribution in [0.2, 0.25) is 0 Å². The van der Waals surface area contributed by atoms with E-state index in [1.165, 1.54) is 4.68 Å². The van der Waals surface area contributed by atoms with Crippen LogP contribution in [0.5, 0.6) is 0 Å². The molecule has 1 aromatic heterocycles. The second-order valence-electron chi connectivity index (χ2n) is 4.87. The van der Waals surface area contributed by atoms with E-state index in [1.54, 1.807) is 12.3 Å². The van der Waals surface area contributed by atoms with Gasteiger partial charge in [0.25, 0.3) is 0 Å². The average Bonchev–Trinajstić information content (AvgIpc) is 2.80. The molecule has 2 aromatic rings. The molecular formula is C14H17F2N3. The van der Waals surface area contributed by atoms with Gasteiger partial charge in [0.2, 0.25) is 0 Å². The van der Waals surface area contributed by atoms with E-state index in [-0.39, 0.29) is 5.69 Å². The highest BCUT2D eigenvalue weighted by Crippen LogP contribution is 2.14. The molecule has 0 spiro atoms. The molecule has 0 amide bonds. The fraction of sp³-hybridized carbons (Fsp3) is 0.357. The van der Waals surface area contributed by atoms with Crippen molar-refractivity contribution in [3.8, 4) is 5.69 Å². The van der Waals surface area contributed by atoms with Crippen LogP contribution in [0.25, 0.3) is 5.69 Å². The van der Waals surface area contributed by atoms with Gasteiger partial charge in [-0.25, -0.2) is 13.5 Å². The van der Waals surface area contributed by atoms with Crippen LogP contribution in [0.3, 0.4) is 0 Å². The van der Waals surface area contributed by atoms with Gasteiger partial charge >= 0.3 is 0 Å². The number of halogens is 2. The van der Waals surface area contributed by atoms with E-state index in [1.807, 2.05) is 0 Å². The predicted molar refractivity (Wildman–Crippen MR) is 70.0 cm³/mol. The first kappa shape index (κ1) is 13.7. The molecule has 0 aliphatic heterocycles. The van der Waals surface area contributed by atoms with Gasteiger partial charge in [0.15, 0.2) is 0 Å². The molecule has 5 heteroatoms. The lowest BCUT2D eigenvalue weighted by molar-refractivity contribution is 0.545. The highest BCUT2D eigenvalue weighted by molar-refractivity contribution is 5.33. The molecule has 0 radical (unpaired) electrons. The quantitative estimate of drug-likeness (QED) is 0.901. The van der Waals surface area contributed by atoms with Crippen LogP contribution in [0.15, 0.2) is 30.5 Å². The van der Waals surface area contributed by atoms with Crippen molar-refractivity contribution < 1.29 is 8.78 Å². The van der Waals surface area contributed by atoms with Crippen LogP contribution in [0.1, 0.15) is 19.5 Å². The number of hydrogen-bond donors (Lipinski definition) is 1. The van der Waals surface area contributed by atoms with Gasteiger partial charge in [-0.1, -0.05) is 13.8 Å². The number of rotatable bonds is 5. The highest BCUT2D eigenvalue weighted by Gasteiger charge is 2.08. The second kappa shape index (κ2) is 5.93. The number of aromatic nitrogens is 2. The van der Waals surface area contributed by atoms with Gasteiger partial charge in [-0.15, -0.1) is 0 Å². The number of nitrogens with one attached hydrogen (secondary N) is 1. The van der Waals surface area contributed by atoms with Gasteiger partial charge in [-0.2, -0.15) is 5.10 Å². The maximum atomic E-state index is 13.6. The fourth-order valence-electron chi connectivity index (χ4n) is 1.74. The van der Waals surface area contributed by atoms with Crippen molar-refractivity contribution in [1.82, 2.24) is 15.1 Å². The van der Waals surface area contributed by atoms with Crippen LogP contribution in [-0.2, 0) is 6.54 Å². The summed E-state index contributed by atoms with van der Waals surface area (Å²) in [4.78, 5) is 0. The molecule has 0 saturated carbocycles. The number of benzene rings is 1. The Morgan fingerprint density at radius 2 is 2.05 bits per heavy atom. The van der Waals surface area contributed by atoms with E-state index < -0.39 is 11.6 Å². The minimum absolute atomic E-state index is 0.120. The molecule has 1 N–H and O–H groups in total. The third kappa shape index (κ3) is 3.61. The Kier molecular flexibility index (Phi) is 4.27.